The van der Waals surface area contributed by atoms with Crippen molar-refractivity contribution in [3.8, 4) is 0 Å². The molecule has 0 saturated carbocycles. The number of thiophene rings is 1. The first-order valence-electron chi connectivity index (χ1n) is 10.3. The zero-order valence-corrected chi connectivity index (χ0v) is 19.0. The molecule has 0 bridgehead atoms. The van der Waals surface area contributed by atoms with E-state index in [-0.39, 0.29) is 11.2 Å². The number of ether oxygens (including phenoxy) is 1. The van der Waals surface area contributed by atoms with Crippen LogP contribution in [0, 0.1) is 0 Å². The van der Waals surface area contributed by atoms with Crippen molar-refractivity contribution < 1.29 is 4.74 Å². The third-order valence-electron chi connectivity index (χ3n) is 5.32. The van der Waals surface area contributed by atoms with E-state index in [1.54, 1.807) is 23.1 Å². The maximum Gasteiger partial charge on any atom is 0.263 e. The Bertz CT molecular complexity index is 1050. The van der Waals surface area contributed by atoms with Crippen LogP contribution in [0.1, 0.15) is 56.0 Å². The highest BCUT2D eigenvalue weighted by atomic mass is 32.2. The van der Waals surface area contributed by atoms with Gasteiger partial charge in [0.15, 0.2) is 5.16 Å². The first-order valence-corrected chi connectivity index (χ1v) is 12.1. The molecule has 0 atom stereocenters. The van der Waals surface area contributed by atoms with Gasteiger partial charge in [-0.15, -0.1) is 11.3 Å². The van der Waals surface area contributed by atoms with E-state index in [2.05, 4.69) is 32.9 Å². The first-order chi connectivity index (χ1) is 14.0. The molecule has 154 valence electrons. The maximum atomic E-state index is 13.7. The summed E-state index contributed by atoms with van der Waals surface area (Å²) in [6.07, 6.45) is 4.30. The van der Waals surface area contributed by atoms with Gasteiger partial charge in [-0.1, -0.05) is 61.9 Å². The number of thioether (sulfide) groups is 1. The Hall–Kier alpha value is -1.63. The number of benzene rings is 1. The number of hydrogen-bond acceptors (Lipinski definition) is 5. The molecular formula is C23H28N2O2S2. The van der Waals surface area contributed by atoms with Gasteiger partial charge in [0.1, 0.15) is 4.83 Å². The molecule has 2 aromatic heterocycles. The fraction of sp³-hybridized carbons (Fsp3) is 0.478. The van der Waals surface area contributed by atoms with Gasteiger partial charge in [0.05, 0.1) is 24.1 Å². The Balaban J connectivity index is 1.80. The number of fused-ring (bicyclic) bond motifs is 3. The normalized spacial score (nSPS) is 15.6. The van der Waals surface area contributed by atoms with Crippen LogP contribution in [0.25, 0.3) is 10.2 Å². The molecule has 0 fully saturated rings. The van der Waals surface area contributed by atoms with Crippen LogP contribution in [-0.2, 0) is 24.3 Å². The molecule has 6 heteroatoms. The van der Waals surface area contributed by atoms with Crippen molar-refractivity contribution in [2.24, 2.45) is 0 Å². The van der Waals surface area contributed by atoms with Crippen molar-refractivity contribution in [2.75, 3.05) is 5.75 Å². The predicted octanol–water partition coefficient (Wildman–Crippen LogP) is 5.64. The second-order valence-electron chi connectivity index (χ2n) is 8.24. The average Bonchev–Trinajstić information content (AvgIpc) is 3.05. The summed E-state index contributed by atoms with van der Waals surface area (Å²) in [5.74, 6) is 0.988. The summed E-state index contributed by atoms with van der Waals surface area (Å²) in [5, 5.41) is 1.64. The minimum absolute atomic E-state index is 0.0899. The van der Waals surface area contributed by atoms with E-state index in [4.69, 9.17) is 9.72 Å². The number of unbranched alkanes of at least 4 members (excludes halogenated alkanes) is 2. The van der Waals surface area contributed by atoms with E-state index >= 15 is 0 Å². The van der Waals surface area contributed by atoms with Crippen LogP contribution in [0.2, 0.25) is 0 Å². The van der Waals surface area contributed by atoms with Gasteiger partial charge in [-0.2, -0.15) is 0 Å². The van der Waals surface area contributed by atoms with E-state index in [1.807, 2.05) is 22.8 Å². The standard InChI is InChI=1S/C23H28N2O2S2/c1-4-5-9-12-28-22-24-20-19(17-13-23(2,3)27-15-18(17)29-20)21(26)25(22)14-16-10-7-6-8-11-16/h6-8,10-11H,4-5,9,12-15H2,1-3H3. The fourth-order valence-corrected chi connectivity index (χ4v) is 5.88. The van der Waals surface area contributed by atoms with Crippen molar-refractivity contribution in [1.29, 1.82) is 0 Å². The van der Waals surface area contributed by atoms with Crippen LogP contribution in [0.5, 0.6) is 0 Å². The highest BCUT2D eigenvalue weighted by Gasteiger charge is 2.31. The third kappa shape index (κ3) is 4.44. The SMILES string of the molecule is CCCCCSc1nc2sc3c(c2c(=O)n1Cc1ccccc1)CC(C)(C)OC3. The van der Waals surface area contributed by atoms with Crippen LogP contribution in [0.4, 0.5) is 0 Å². The molecule has 4 nitrogen and oxygen atoms in total. The molecule has 1 aliphatic heterocycles. The molecule has 29 heavy (non-hydrogen) atoms. The summed E-state index contributed by atoms with van der Waals surface area (Å²) < 4.78 is 7.86. The van der Waals surface area contributed by atoms with E-state index in [0.717, 1.165) is 50.0 Å². The van der Waals surface area contributed by atoms with E-state index in [9.17, 15) is 4.79 Å². The molecule has 0 radical (unpaired) electrons. The monoisotopic (exact) mass is 428 g/mol. The molecule has 1 aromatic carbocycles. The highest BCUT2D eigenvalue weighted by Crippen LogP contribution is 2.37. The van der Waals surface area contributed by atoms with Crippen molar-refractivity contribution in [1.82, 2.24) is 9.55 Å². The summed E-state index contributed by atoms with van der Waals surface area (Å²) in [6.45, 7) is 7.52. The summed E-state index contributed by atoms with van der Waals surface area (Å²) >= 11 is 3.33. The lowest BCUT2D eigenvalue weighted by molar-refractivity contribution is -0.0379. The van der Waals surface area contributed by atoms with Gasteiger partial charge in [-0.05, 0) is 31.4 Å². The molecule has 3 aromatic rings. The zero-order chi connectivity index (χ0) is 20.4. The summed E-state index contributed by atoms with van der Waals surface area (Å²) in [7, 11) is 0. The maximum absolute atomic E-state index is 13.7. The zero-order valence-electron chi connectivity index (χ0n) is 17.4. The van der Waals surface area contributed by atoms with E-state index in [1.165, 1.54) is 12.8 Å². The first kappa shape index (κ1) is 20.6. The Morgan fingerprint density at radius 2 is 2.03 bits per heavy atom. The smallest absolute Gasteiger partial charge is 0.263 e. The van der Waals surface area contributed by atoms with Crippen LogP contribution >= 0.6 is 23.1 Å². The predicted molar refractivity (Wildman–Crippen MR) is 122 cm³/mol. The Labute approximate surface area is 180 Å². The lowest BCUT2D eigenvalue weighted by Crippen LogP contribution is -2.32. The average molecular weight is 429 g/mol. The number of hydrogen-bond donors (Lipinski definition) is 0. The Morgan fingerprint density at radius 3 is 2.79 bits per heavy atom. The number of rotatable bonds is 7. The van der Waals surface area contributed by atoms with Gasteiger partial charge in [-0.25, -0.2) is 4.98 Å². The third-order valence-corrected chi connectivity index (χ3v) is 7.48. The van der Waals surface area contributed by atoms with Crippen LogP contribution < -0.4 is 5.56 Å². The largest absolute Gasteiger partial charge is 0.370 e. The molecule has 0 aliphatic carbocycles. The minimum Gasteiger partial charge on any atom is -0.370 e. The quantitative estimate of drug-likeness (QED) is 0.277. The summed E-state index contributed by atoms with van der Waals surface area (Å²) in [4.78, 5) is 20.7. The minimum atomic E-state index is -0.245. The number of aromatic nitrogens is 2. The lowest BCUT2D eigenvalue weighted by Gasteiger charge is -2.29. The van der Waals surface area contributed by atoms with Crippen LogP contribution in [0.15, 0.2) is 40.3 Å². The van der Waals surface area contributed by atoms with Gasteiger partial charge in [-0.3, -0.25) is 9.36 Å². The molecule has 3 heterocycles. The lowest BCUT2D eigenvalue weighted by atomic mass is 9.94. The van der Waals surface area contributed by atoms with E-state index < -0.39 is 0 Å². The van der Waals surface area contributed by atoms with Crippen LogP contribution in [-0.4, -0.2) is 20.9 Å². The van der Waals surface area contributed by atoms with Crippen molar-refractivity contribution in [2.45, 2.75) is 70.4 Å². The second-order valence-corrected chi connectivity index (χ2v) is 10.4. The summed E-state index contributed by atoms with van der Waals surface area (Å²) in [6, 6.07) is 10.2. The van der Waals surface area contributed by atoms with Gasteiger partial charge in [0.2, 0.25) is 0 Å². The molecule has 1 aliphatic rings. The molecule has 0 saturated heterocycles. The Kier molecular flexibility index (Phi) is 6.13. The molecule has 4 rings (SSSR count). The van der Waals surface area contributed by atoms with Gasteiger partial charge in [0.25, 0.3) is 5.56 Å². The van der Waals surface area contributed by atoms with Crippen molar-refractivity contribution >= 4 is 33.3 Å². The summed E-state index contributed by atoms with van der Waals surface area (Å²) in [5.41, 5.74) is 2.11. The fourth-order valence-electron chi connectivity index (χ4n) is 3.74. The van der Waals surface area contributed by atoms with Gasteiger partial charge < -0.3 is 4.74 Å². The van der Waals surface area contributed by atoms with Gasteiger partial charge in [0, 0.05) is 17.1 Å². The van der Waals surface area contributed by atoms with E-state index in [0.29, 0.717) is 13.2 Å². The van der Waals surface area contributed by atoms with Crippen LogP contribution in [0.3, 0.4) is 0 Å². The molecule has 0 unspecified atom stereocenters. The highest BCUT2D eigenvalue weighted by molar-refractivity contribution is 7.99. The second kappa shape index (κ2) is 8.62. The molecule has 0 N–H and O–H groups in total. The Morgan fingerprint density at radius 1 is 1.24 bits per heavy atom. The van der Waals surface area contributed by atoms with Crippen molar-refractivity contribution in [3.05, 3.63) is 56.7 Å². The van der Waals surface area contributed by atoms with Crippen molar-refractivity contribution in [3.63, 3.8) is 0 Å². The number of nitrogens with zero attached hydrogens (tertiary/aromatic N) is 2. The topological polar surface area (TPSA) is 44.1 Å². The van der Waals surface area contributed by atoms with Gasteiger partial charge >= 0.3 is 0 Å². The molecular weight excluding hydrogens is 400 g/mol. The molecule has 0 spiro atoms. The molecule has 0 amide bonds.